The van der Waals surface area contributed by atoms with E-state index in [0.717, 1.165) is 19.6 Å². The van der Waals surface area contributed by atoms with Crippen LogP contribution in [0, 0.1) is 0 Å². The zero-order valence-corrected chi connectivity index (χ0v) is 10.0. The third kappa shape index (κ3) is 4.96. The number of benzene rings is 1. The summed E-state index contributed by atoms with van der Waals surface area (Å²) in [4.78, 5) is 0. The molecule has 0 aromatic heterocycles. The molecule has 1 aromatic carbocycles. The molecule has 0 fully saturated rings. The second-order valence-electron chi connectivity index (χ2n) is 4.14. The van der Waals surface area contributed by atoms with Crippen LogP contribution < -0.4 is 10.6 Å². The van der Waals surface area contributed by atoms with Gasteiger partial charge in [-0.3, -0.25) is 0 Å². The minimum Gasteiger partial charge on any atom is -0.313 e. The van der Waals surface area contributed by atoms with Crippen molar-refractivity contribution in [1.82, 2.24) is 10.6 Å². The minimum absolute atomic E-state index is 0.544. The molecule has 0 saturated carbocycles. The van der Waals surface area contributed by atoms with Crippen LogP contribution in [0.25, 0.3) is 0 Å². The summed E-state index contributed by atoms with van der Waals surface area (Å²) in [5.74, 6) is 0. The van der Waals surface area contributed by atoms with E-state index in [1.807, 2.05) is 0 Å². The predicted molar refractivity (Wildman–Crippen MR) is 65.8 cm³/mol. The van der Waals surface area contributed by atoms with Gasteiger partial charge in [-0.15, -0.1) is 0 Å². The van der Waals surface area contributed by atoms with E-state index in [1.54, 1.807) is 0 Å². The Kier molecular flexibility index (Phi) is 5.37. The molecule has 0 radical (unpaired) electrons. The molecule has 0 aliphatic heterocycles. The van der Waals surface area contributed by atoms with Gasteiger partial charge in [0.05, 0.1) is 0 Å². The molecule has 2 heteroatoms. The Morgan fingerprint density at radius 3 is 2.40 bits per heavy atom. The first-order valence-electron chi connectivity index (χ1n) is 5.74. The fourth-order valence-corrected chi connectivity index (χ4v) is 1.44. The average Bonchev–Trinajstić information content (AvgIpc) is 2.24. The molecule has 0 aliphatic carbocycles. The summed E-state index contributed by atoms with van der Waals surface area (Å²) in [6.45, 7) is 9.41. The Morgan fingerprint density at radius 2 is 1.80 bits per heavy atom. The van der Waals surface area contributed by atoms with Crippen molar-refractivity contribution >= 4 is 0 Å². The van der Waals surface area contributed by atoms with Crippen LogP contribution in [0.4, 0.5) is 0 Å². The Hall–Kier alpha value is -0.860. The van der Waals surface area contributed by atoms with Gasteiger partial charge in [0.2, 0.25) is 0 Å². The maximum absolute atomic E-state index is 3.42. The Labute approximate surface area is 93.1 Å². The van der Waals surface area contributed by atoms with Crippen molar-refractivity contribution < 1.29 is 0 Å². The molecule has 0 bridgehead atoms. The first-order chi connectivity index (χ1) is 7.22. The van der Waals surface area contributed by atoms with E-state index in [0.29, 0.717) is 6.04 Å². The van der Waals surface area contributed by atoms with Crippen LogP contribution in [0.3, 0.4) is 0 Å². The lowest BCUT2D eigenvalue weighted by atomic mass is 10.1. The lowest BCUT2D eigenvalue weighted by Gasteiger charge is -2.09. The van der Waals surface area contributed by atoms with Crippen molar-refractivity contribution in [2.24, 2.45) is 0 Å². The first-order valence-corrected chi connectivity index (χ1v) is 5.74. The van der Waals surface area contributed by atoms with E-state index in [-0.39, 0.29) is 0 Å². The van der Waals surface area contributed by atoms with Crippen LogP contribution >= 0.6 is 0 Å². The van der Waals surface area contributed by atoms with Gasteiger partial charge < -0.3 is 10.6 Å². The van der Waals surface area contributed by atoms with Crippen LogP contribution in [-0.4, -0.2) is 12.6 Å². The van der Waals surface area contributed by atoms with Crippen molar-refractivity contribution in [2.75, 3.05) is 6.54 Å². The van der Waals surface area contributed by atoms with Crippen molar-refractivity contribution in [3.05, 3.63) is 35.4 Å². The van der Waals surface area contributed by atoms with Crippen LogP contribution in [0.5, 0.6) is 0 Å². The lowest BCUT2D eigenvalue weighted by molar-refractivity contribution is 0.588. The third-order valence-corrected chi connectivity index (χ3v) is 2.28. The van der Waals surface area contributed by atoms with E-state index < -0.39 is 0 Å². The summed E-state index contributed by atoms with van der Waals surface area (Å²) in [7, 11) is 0. The predicted octanol–water partition coefficient (Wildman–Crippen LogP) is 2.29. The molecule has 84 valence electrons. The molecule has 0 spiro atoms. The fourth-order valence-electron chi connectivity index (χ4n) is 1.44. The van der Waals surface area contributed by atoms with Crippen LogP contribution in [0.2, 0.25) is 0 Å². The first kappa shape index (κ1) is 12.2. The maximum Gasteiger partial charge on any atom is 0.0207 e. The van der Waals surface area contributed by atoms with Crippen molar-refractivity contribution in [1.29, 1.82) is 0 Å². The Bertz CT molecular complexity index is 282. The molecule has 1 rings (SSSR count). The van der Waals surface area contributed by atoms with Gasteiger partial charge in [0.25, 0.3) is 0 Å². The van der Waals surface area contributed by atoms with Crippen LogP contribution in [0.1, 0.15) is 31.9 Å². The largest absolute Gasteiger partial charge is 0.313 e. The summed E-state index contributed by atoms with van der Waals surface area (Å²) < 4.78 is 0. The molecule has 1 aromatic rings. The standard InChI is InChI=1S/C13H22N2/c1-4-14-9-12-6-5-7-13(8-12)10-15-11(2)3/h5-8,11,14-15H,4,9-10H2,1-3H3. The highest BCUT2D eigenvalue weighted by atomic mass is 14.9. The maximum atomic E-state index is 3.42. The number of nitrogens with one attached hydrogen (secondary N) is 2. The second kappa shape index (κ2) is 6.59. The van der Waals surface area contributed by atoms with Gasteiger partial charge in [0.1, 0.15) is 0 Å². The highest BCUT2D eigenvalue weighted by Gasteiger charge is 1.97. The Balaban J connectivity index is 2.50. The fraction of sp³-hybridized carbons (Fsp3) is 0.538. The summed E-state index contributed by atoms with van der Waals surface area (Å²) in [5.41, 5.74) is 2.72. The van der Waals surface area contributed by atoms with Gasteiger partial charge in [0.15, 0.2) is 0 Å². The van der Waals surface area contributed by atoms with E-state index in [2.05, 4.69) is 55.7 Å². The van der Waals surface area contributed by atoms with Crippen molar-refractivity contribution in [3.8, 4) is 0 Å². The van der Waals surface area contributed by atoms with E-state index in [4.69, 9.17) is 0 Å². The molecule has 0 aliphatic rings. The highest BCUT2D eigenvalue weighted by molar-refractivity contribution is 5.23. The average molecular weight is 206 g/mol. The van der Waals surface area contributed by atoms with Gasteiger partial charge in [-0.1, -0.05) is 45.0 Å². The SMILES string of the molecule is CCNCc1cccc(CNC(C)C)c1. The van der Waals surface area contributed by atoms with Gasteiger partial charge in [-0.05, 0) is 17.7 Å². The third-order valence-electron chi connectivity index (χ3n) is 2.28. The number of hydrogen-bond acceptors (Lipinski definition) is 2. The lowest BCUT2D eigenvalue weighted by Crippen LogP contribution is -2.22. The molecular weight excluding hydrogens is 184 g/mol. The van der Waals surface area contributed by atoms with Gasteiger partial charge >= 0.3 is 0 Å². The molecule has 0 amide bonds. The van der Waals surface area contributed by atoms with Crippen molar-refractivity contribution in [2.45, 2.75) is 39.9 Å². The second-order valence-corrected chi connectivity index (χ2v) is 4.14. The van der Waals surface area contributed by atoms with Gasteiger partial charge in [0, 0.05) is 19.1 Å². The summed E-state index contributed by atoms with van der Waals surface area (Å²) >= 11 is 0. The number of hydrogen-bond donors (Lipinski definition) is 2. The zero-order valence-electron chi connectivity index (χ0n) is 10.0. The Morgan fingerprint density at radius 1 is 1.13 bits per heavy atom. The van der Waals surface area contributed by atoms with E-state index in [9.17, 15) is 0 Å². The topological polar surface area (TPSA) is 24.1 Å². The molecule has 0 saturated heterocycles. The molecular formula is C13H22N2. The van der Waals surface area contributed by atoms with Crippen LogP contribution in [0.15, 0.2) is 24.3 Å². The molecule has 0 atom stereocenters. The molecule has 0 unspecified atom stereocenters. The minimum atomic E-state index is 0.544. The van der Waals surface area contributed by atoms with Crippen LogP contribution in [-0.2, 0) is 13.1 Å². The van der Waals surface area contributed by atoms with E-state index >= 15 is 0 Å². The number of rotatable bonds is 6. The monoisotopic (exact) mass is 206 g/mol. The molecule has 0 heterocycles. The van der Waals surface area contributed by atoms with E-state index in [1.165, 1.54) is 11.1 Å². The van der Waals surface area contributed by atoms with Gasteiger partial charge in [-0.2, -0.15) is 0 Å². The quantitative estimate of drug-likeness (QED) is 0.746. The molecule has 15 heavy (non-hydrogen) atoms. The summed E-state index contributed by atoms with van der Waals surface area (Å²) in [5, 5.41) is 6.76. The zero-order chi connectivity index (χ0) is 11.1. The highest BCUT2D eigenvalue weighted by Crippen LogP contribution is 2.05. The normalized spacial score (nSPS) is 10.9. The molecule has 2 nitrogen and oxygen atoms in total. The van der Waals surface area contributed by atoms with Gasteiger partial charge in [-0.25, -0.2) is 0 Å². The smallest absolute Gasteiger partial charge is 0.0207 e. The molecule has 2 N–H and O–H groups in total. The van der Waals surface area contributed by atoms with Crippen molar-refractivity contribution in [3.63, 3.8) is 0 Å². The summed E-state index contributed by atoms with van der Waals surface area (Å²) in [6.07, 6.45) is 0. The summed E-state index contributed by atoms with van der Waals surface area (Å²) in [6, 6.07) is 9.27.